The molecule has 1 aromatic carbocycles. The lowest BCUT2D eigenvalue weighted by atomic mass is 9.83. The van der Waals surface area contributed by atoms with Crippen LogP contribution in [0.3, 0.4) is 0 Å². The zero-order chi connectivity index (χ0) is 12.4. The molecule has 0 bridgehead atoms. The summed E-state index contributed by atoms with van der Waals surface area (Å²) in [5, 5.41) is 3.47. The SMILES string of the molecule is CN1CCC(c2ccccc2C2CCNCC2)C1. The van der Waals surface area contributed by atoms with Crippen molar-refractivity contribution >= 4 is 0 Å². The Morgan fingerprint density at radius 2 is 1.67 bits per heavy atom. The third kappa shape index (κ3) is 2.45. The summed E-state index contributed by atoms with van der Waals surface area (Å²) in [6.07, 6.45) is 3.94. The predicted molar refractivity (Wildman–Crippen MR) is 76.1 cm³/mol. The largest absolute Gasteiger partial charge is 0.317 e. The number of likely N-dealkylation sites (tertiary alicyclic amines) is 1. The van der Waals surface area contributed by atoms with E-state index in [4.69, 9.17) is 0 Å². The Labute approximate surface area is 110 Å². The highest BCUT2D eigenvalue weighted by Crippen LogP contribution is 2.35. The molecule has 3 rings (SSSR count). The van der Waals surface area contributed by atoms with Gasteiger partial charge in [0, 0.05) is 6.54 Å². The van der Waals surface area contributed by atoms with Crippen LogP contribution < -0.4 is 5.32 Å². The highest BCUT2D eigenvalue weighted by atomic mass is 15.1. The third-order valence-electron chi connectivity index (χ3n) is 4.61. The lowest BCUT2D eigenvalue weighted by Crippen LogP contribution is -2.27. The van der Waals surface area contributed by atoms with E-state index in [0.29, 0.717) is 0 Å². The first-order chi connectivity index (χ1) is 8.84. The number of benzene rings is 1. The Bertz CT molecular complexity index is 372. The van der Waals surface area contributed by atoms with Crippen LogP contribution in [0.25, 0.3) is 0 Å². The number of piperidine rings is 1. The van der Waals surface area contributed by atoms with Gasteiger partial charge in [-0.2, -0.15) is 0 Å². The Kier molecular flexibility index (Phi) is 3.67. The highest BCUT2D eigenvalue weighted by molar-refractivity contribution is 5.34. The second-order valence-electron chi connectivity index (χ2n) is 5.90. The Balaban J connectivity index is 1.84. The molecule has 0 aliphatic carbocycles. The minimum absolute atomic E-state index is 0.765. The summed E-state index contributed by atoms with van der Waals surface area (Å²) < 4.78 is 0. The maximum Gasteiger partial charge on any atom is 0.00478 e. The van der Waals surface area contributed by atoms with Crippen molar-refractivity contribution in [3.05, 3.63) is 35.4 Å². The van der Waals surface area contributed by atoms with Crippen LogP contribution in [0.2, 0.25) is 0 Å². The summed E-state index contributed by atoms with van der Waals surface area (Å²) >= 11 is 0. The standard InChI is InChI=1S/C16H24N2/c1-18-11-8-14(12-18)16-5-3-2-4-15(16)13-6-9-17-10-7-13/h2-5,13-14,17H,6-12H2,1H3. The van der Waals surface area contributed by atoms with E-state index >= 15 is 0 Å². The fraction of sp³-hybridized carbons (Fsp3) is 0.625. The summed E-state index contributed by atoms with van der Waals surface area (Å²) in [6.45, 7) is 4.86. The van der Waals surface area contributed by atoms with E-state index in [1.807, 2.05) is 0 Å². The fourth-order valence-corrected chi connectivity index (χ4v) is 3.58. The molecule has 1 unspecified atom stereocenters. The first kappa shape index (κ1) is 12.2. The van der Waals surface area contributed by atoms with Gasteiger partial charge in [-0.25, -0.2) is 0 Å². The number of hydrogen-bond donors (Lipinski definition) is 1. The van der Waals surface area contributed by atoms with Gasteiger partial charge >= 0.3 is 0 Å². The van der Waals surface area contributed by atoms with E-state index in [1.54, 1.807) is 11.1 Å². The van der Waals surface area contributed by atoms with Crippen LogP contribution in [0.1, 0.15) is 42.2 Å². The quantitative estimate of drug-likeness (QED) is 0.860. The number of nitrogens with zero attached hydrogens (tertiary/aromatic N) is 1. The van der Waals surface area contributed by atoms with Gasteiger partial charge in [0.15, 0.2) is 0 Å². The smallest absolute Gasteiger partial charge is 0.00478 e. The highest BCUT2D eigenvalue weighted by Gasteiger charge is 2.26. The first-order valence-corrected chi connectivity index (χ1v) is 7.32. The van der Waals surface area contributed by atoms with Crippen LogP contribution in [0, 0.1) is 0 Å². The summed E-state index contributed by atoms with van der Waals surface area (Å²) in [4.78, 5) is 2.46. The average molecular weight is 244 g/mol. The molecule has 1 N–H and O–H groups in total. The molecule has 2 heterocycles. The summed E-state index contributed by atoms with van der Waals surface area (Å²) in [5.74, 6) is 1.55. The molecular weight excluding hydrogens is 220 g/mol. The molecular formula is C16H24N2. The lowest BCUT2D eigenvalue weighted by molar-refractivity contribution is 0.410. The van der Waals surface area contributed by atoms with E-state index in [9.17, 15) is 0 Å². The van der Waals surface area contributed by atoms with Crippen molar-refractivity contribution in [2.75, 3.05) is 33.2 Å². The molecule has 1 aromatic rings. The molecule has 2 nitrogen and oxygen atoms in total. The van der Waals surface area contributed by atoms with Gasteiger partial charge in [-0.05, 0) is 68.9 Å². The van der Waals surface area contributed by atoms with E-state index < -0.39 is 0 Å². The van der Waals surface area contributed by atoms with Crippen molar-refractivity contribution in [3.8, 4) is 0 Å². The summed E-state index contributed by atoms with van der Waals surface area (Å²) in [7, 11) is 2.24. The summed E-state index contributed by atoms with van der Waals surface area (Å²) in [5.41, 5.74) is 3.27. The van der Waals surface area contributed by atoms with Crippen molar-refractivity contribution in [1.82, 2.24) is 10.2 Å². The zero-order valence-electron chi connectivity index (χ0n) is 11.4. The maximum atomic E-state index is 3.47. The second kappa shape index (κ2) is 5.41. The van der Waals surface area contributed by atoms with Gasteiger partial charge in [-0.1, -0.05) is 24.3 Å². The van der Waals surface area contributed by atoms with Crippen LogP contribution in [0.4, 0.5) is 0 Å². The van der Waals surface area contributed by atoms with E-state index in [2.05, 4.69) is 41.5 Å². The number of rotatable bonds is 2. The minimum Gasteiger partial charge on any atom is -0.317 e. The monoisotopic (exact) mass is 244 g/mol. The van der Waals surface area contributed by atoms with E-state index in [1.165, 1.54) is 45.4 Å². The van der Waals surface area contributed by atoms with Crippen LogP contribution in [-0.4, -0.2) is 38.1 Å². The zero-order valence-corrected chi connectivity index (χ0v) is 11.4. The maximum absolute atomic E-state index is 3.47. The predicted octanol–water partition coefficient (Wildman–Crippen LogP) is 2.57. The first-order valence-electron chi connectivity index (χ1n) is 7.32. The average Bonchev–Trinajstić information content (AvgIpc) is 2.86. The van der Waals surface area contributed by atoms with Gasteiger partial charge in [-0.3, -0.25) is 0 Å². The summed E-state index contributed by atoms with van der Waals surface area (Å²) in [6, 6.07) is 9.20. The molecule has 0 saturated carbocycles. The molecule has 0 aromatic heterocycles. The third-order valence-corrected chi connectivity index (χ3v) is 4.61. The molecule has 2 saturated heterocycles. The Morgan fingerprint density at radius 3 is 2.28 bits per heavy atom. The topological polar surface area (TPSA) is 15.3 Å². The van der Waals surface area contributed by atoms with Crippen LogP contribution in [-0.2, 0) is 0 Å². The van der Waals surface area contributed by atoms with Gasteiger partial charge in [0.2, 0.25) is 0 Å². The Morgan fingerprint density at radius 1 is 1.00 bits per heavy atom. The minimum atomic E-state index is 0.765. The van der Waals surface area contributed by atoms with Crippen molar-refractivity contribution in [3.63, 3.8) is 0 Å². The van der Waals surface area contributed by atoms with Crippen molar-refractivity contribution in [1.29, 1.82) is 0 Å². The van der Waals surface area contributed by atoms with Crippen LogP contribution in [0.15, 0.2) is 24.3 Å². The van der Waals surface area contributed by atoms with Gasteiger partial charge in [-0.15, -0.1) is 0 Å². The molecule has 0 radical (unpaired) electrons. The molecule has 1 atom stereocenters. The molecule has 2 heteroatoms. The second-order valence-corrected chi connectivity index (χ2v) is 5.90. The number of hydrogen-bond acceptors (Lipinski definition) is 2. The lowest BCUT2D eigenvalue weighted by Gasteiger charge is -2.27. The molecule has 2 aliphatic heterocycles. The van der Waals surface area contributed by atoms with E-state index in [-0.39, 0.29) is 0 Å². The van der Waals surface area contributed by atoms with Crippen molar-refractivity contribution in [2.24, 2.45) is 0 Å². The molecule has 98 valence electrons. The molecule has 2 aliphatic rings. The van der Waals surface area contributed by atoms with E-state index in [0.717, 1.165) is 11.8 Å². The fourth-order valence-electron chi connectivity index (χ4n) is 3.58. The molecule has 18 heavy (non-hydrogen) atoms. The number of nitrogens with one attached hydrogen (secondary N) is 1. The number of likely N-dealkylation sites (N-methyl/N-ethyl adjacent to an activating group) is 1. The Hall–Kier alpha value is -0.860. The van der Waals surface area contributed by atoms with Crippen LogP contribution >= 0.6 is 0 Å². The normalized spacial score (nSPS) is 26.6. The van der Waals surface area contributed by atoms with Gasteiger partial charge in [0.1, 0.15) is 0 Å². The van der Waals surface area contributed by atoms with Gasteiger partial charge in [0.25, 0.3) is 0 Å². The van der Waals surface area contributed by atoms with Gasteiger partial charge < -0.3 is 10.2 Å². The molecule has 0 amide bonds. The van der Waals surface area contributed by atoms with Crippen LogP contribution in [0.5, 0.6) is 0 Å². The molecule has 0 spiro atoms. The van der Waals surface area contributed by atoms with Crippen molar-refractivity contribution < 1.29 is 0 Å². The molecule has 2 fully saturated rings. The van der Waals surface area contributed by atoms with Crippen molar-refractivity contribution in [2.45, 2.75) is 31.1 Å². The van der Waals surface area contributed by atoms with Gasteiger partial charge in [0.05, 0.1) is 0 Å².